The number of para-hydroxylation sites is 1. The first kappa shape index (κ1) is 27.3. The van der Waals surface area contributed by atoms with Crippen molar-refractivity contribution in [3.63, 3.8) is 0 Å². The van der Waals surface area contributed by atoms with Crippen LogP contribution in [0.3, 0.4) is 0 Å². The van der Waals surface area contributed by atoms with Gasteiger partial charge in [-0.1, -0.05) is 37.8 Å². The van der Waals surface area contributed by atoms with Crippen molar-refractivity contribution in [3.05, 3.63) is 77.0 Å². The lowest BCUT2D eigenvalue weighted by atomic mass is 9.93. The third kappa shape index (κ3) is 6.01. The lowest BCUT2D eigenvalue weighted by molar-refractivity contribution is -0.0777. The molecule has 0 radical (unpaired) electrons. The normalized spacial score (nSPS) is 15.5. The smallest absolute Gasteiger partial charge is 0.250 e. The monoisotopic (exact) mass is 547 g/mol. The Hall–Kier alpha value is -3.24. The van der Waals surface area contributed by atoms with Crippen molar-refractivity contribution in [2.75, 3.05) is 19.8 Å². The second kappa shape index (κ2) is 11.1. The van der Waals surface area contributed by atoms with Crippen molar-refractivity contribution in [1.29, 1.82) is 0 Å². The summed E-state index contributed by atoms with van der Waals surface area (Å²) in [7, 11) is 0.470. The third-order valence-corrected chi connectivity index (χ3v) is 8.89. The number of hydrogen-bond acceptors (Lipinski definition) is 6. The van der Waals surface area contributed by atoms with Gasteiger partial charge < -0.3 is 28.5 Å². The van der Waals surface area contributed by atoms with Gasteiger partial charge in [0.25, 0.3) is 0 Å². The fourth-order valence-corrected chi connectivity index (χ4v) is 5.57. The topological polar surface area (TPSA) is 87.7 Å². The Morgan fingerprint density at radius 2 is 1.79 bits per heavy atom. The van der Waals surface area contributed by atoms with Crippen molar-refractivity contribution in [2.24, 2.45) is 7.05 Å². The van der Waals surface area contributed by atoms with E-state index in [0.717, 1.165) is 22.7 Å². The minimum Gasteiger partial charge on any atom is -0.454 e. The molecular formula is C30H37N3O5Si. The molecule has 9 heteroatoms. The van der Waals surface area contributed by atoms with Crippen LogP contribution in [0.1, 0.15) is 18.7 Å². The van der Waals surface area contributed by atoms with Crippen LogP contribution >= 0.6 is 0 Å². The molecule has 8 nitrogen and oxygen atoms in total. The maximum atomic E-state index is 12.1. The Balaban J connectivity index is 1.67. The van der Waals surface area contributed by atoms with E-state index in [0.29, 0.717) is 55.5 Å². The van der Waals surface area contributed by atoms with Gasteiger partial charge in [0, 0.05) is 71.2 Å². The molecule has 1 N–H and O–H groups in total. The number of aromatic nitrogens is 3. The molecule has 0 amide bonds. The van der Waals surface area contributed by atoms with Gasteiger partial charge >= 0.3 is 0 Å². The molecule has 1 aliphatic heterocycles. The van der Waals surface area contributed by atoms with Gasteiger partial charge in [0.05, 0.1) is 5.52 Å². The van der Waals surface area contributed by atoms with Crippen molar-refractivity contribution in [1.82, 2.24) is 14.1 Å². The molecule has 4 aromatic rings. The summed E-state index contributed by atoms with van der Waals surface area (Å²) in [6.07, 6.45) is 2.70. The number of fused-ring (bicyclic) bond motifs is 1. The lowest BCUT2D eigenvalue weighted by Crippen LogP contribution is -2.36. The molecule has 1 saturated heterocycles. The van der Waals surface area contributed by atoms with E-state index in [1.54, 1.807) is 29.9 Å². The minimum absolute atomic E-state index is 0.0888. The average molecular weight is 548 g/mol. The van der Waals surface area contributed by atoms with E-state index in [4.69, 9.17) is 19.2 Å². The predicted octanol–water partition coefficient (Wildman–Crippen LogP) is 5.50. The molecule has 2 aromatic carbocycles. The lowest BCUT2D eigenvalue weighted by Gasteiger charge is -2.31. The van der Waals surface area contributed by atoms with Gasteiger partial charge in [0.15, 0.2) is 5.75 Å². The Morgan fingerprint density at radius 3 is 2.49 bits per heavy atom. The molecule has 39 heavy (non-hydrogen) atoms. The molecule has 0 bridgehead atoms. The van der Waals surface area contributed by atoms with Crippen LogP contribution in [0.2, 0.25) is 25.7 Å². The Bertz CT molecular complexity index is 1500. The van der Waals surface area contributed by atoms with Gasteiger partial charge in [-0.05, 0) is 36.4 Å². The van der Waals surface area contributed by atoms with Crippen molar-refractivity contribution < 1.29 is 19.3 Å². The molecule has 0 unspecified atom stereocenters. The Kier molecular flexibility index (Phi) is 7.77. The molecule has 0 aliphatic carbocycles. The summed E-state index contributed by atoms with van der Waals surface area (Å²) >= 11 is 0. The summed E-state index contributed by atoms with van der Waals surface area (Å²) < 4.78 is 21.8. The molecule has 5 rings (SSSR count). The fraction of sp³-hybridized carbons (Fsp3) is 0.400. The average Bonchev–Trinajstić information content (AvgIpc) is 3.29. The molecule has 0 atom stereocenters. The van der Waals surface area contributed by atoms with Crippen LogP contribution in [0.5, 0.6) is 11.5 Å². The summed E-state index contributed by atoms with van der Waals surface area (Å²) in [6.45, 7) is 8.84. The van der Waals surface area contributed by atoms with E-state index in [1.807, 2.05) is 47.0 Å². The second-order valence-electron chi connectivity index (χ2n) is 11.4. The number of nitrogens with zero attached hydrogens (tertiary/aromatic N) is 3. The Morgan fingerprint density at radius 1 is 1.05 bits per heavy atom. The molecule has 1 aliphatic rings. The number of aliphatic hydroxyl groups is 1. The van der Waals surface area contributed by atoms with Crippen LogP contribution in [0.15, 0.2) is 65.6 Å². The molecular weight excluding hydrogens is 510 g/mol. The zero-order valence-corrected chi connectivity index (χ0v) is 24.1. The zero-order chi connectivity index (χ0) is 27.6. The SMILES string of the molecule is Cn1cc(-c2ccc3c(nc(C4(O)CCOCC4)n3COCC[Si](C)(C)C)c2Oc2ccccc2)ccc1=O. The van der Waals surface area contributed by atoms with Crippen LogP contribution in [0, 0.1) is 0 Å². The van der Waals surface area contributed by atoms with Crippen LogP contribution in [0.25, 0.3) is 22.2 Å². The van der Waals surface area contributed by atoms with E-state index >= 15 is 0 Å². The Labute approximate surface area is 229 Å². The maximum Gasteiger partial charge on any atom is 0.250 e. The van der Waals surface area contributed by atoms with Crippen molar-refractivity contribution >= 4 is 19.1 Å². The third-order valence-electron chi connectivity index (χ3n) is 7.19. The highest BCUT2D eigenvalue weighted by atomic mass is 28.3. The van der Waals surface area contributed by atoms with Crippen LogP contribution in [-0.4, -0.2) is 47.1 Å². The van der Waals surface area contributed by atoms with Gasteiger partial charge in [0.1, 0.15) is 29.4 Å². The number of aryl methyl sites for hydroxylation is 1. The first-order valence-electron chi connectivity index (χ1n) is 13.5. The second-order valence-corrected chi connectivity index (χ2v) is 17.1. The number of ether oxygens (including phenoxy) is 3. The number of imidazole rings is 1. The van der Waals surface area contributed by atoms with Crippen LogP contribution < -0.4 is 10.3 Å². The van der Waals surface area contributed by atoms with Gasteiger partial charge in [-0.2, -0.15) is 0 Å². The quantitative estimate of drug-likeness (QED) is 0.220. The van der Waals surface area contributed by atoms with Crippen molar-refractivity contribution in [2.45, 2.75) is 50.9 Å². The summed E-state index contributed by atoms with van der Waals surface area (Å²) in [5.41, 5.74) is 1.86. The first-order valence-corrected chi connectivity index (χ1v) is 17.2. The van der Waals surface area contributed by atoms with Crippen LogP contribution in [-0.2, 0) is 28.9 Å². The van der Waals surface area contributed by atoms with Gasteiger partial charge in [-0.3, -0.25) is 4.79 Å². The summed E-state index contributed by atoms with van der Waals surface area (Å²) in [4.78, 5) is 17.2. The van der Waals surface area contributed by atoms with Gasteiger partial charge in [-0.25, -0.2) is 4.98 Å². The first-order chi connectivity index (χ1) is 18.6. The van der Waals surface area contributed by atoms with E-state index in [9.17, 15) is 9.90 Å². The van der Waals surface area contributed by atoms with Crippen molar-refractivity contribution in [3.8, 4) is 22.6 Å². The standard InChI is InChI=1S/C30H37N3O5Si/c1-32-20-22(10-13-26(32)34)24-11-12-25-27(28(24)38-23-8-6-5-7-9-23)31-29(30(35)14-16-36-17-15-30)33(25)21-37-18-19-39(2,3)4/h5-13,20,35H,14-19,21H2,1-4H3. The van der Waals surface area contributed by atoms with E-state index in [-0.39, 0.29) is 12.3 Å². The van der Waals surface area contributed by atoms with Gasteiger partial charge in [-0.15, -0.1) is 0 Å². The molecule has 206 valence electrons. The number of benzene rings is 2. The maximum absolute atomic E-state index is 12.1. The highest BCUT2D eigenvalue weighted by Gasteiger charge is 2.38. The molecule has 1 fully saturated rings. The number of hydrogen-bond donors (Lipinski definition) is 1. The molecule has 0 saturated carbocycles. The van der Waals surface area contributed by atoms with Crippen LogP contribution in [0.4, 0.5) is 0 Å². The molecule has 0 spiro atoms. The highest BCUT2D eigenvalue weighted by Crippen LogP contribution is 2.42. The zero-order valence-electron chi connectivity index (χ0n) is 23.1. The summed E-state index contributed by atoms with van der Waals surface area (Å²) in [5, 5.41) is 11.8. The fourth-order valence-electron chi connectivity index (χ4n) is 4.81. The highest BCUT2D eigenvalue weighted by molar-refractivity contribution is 6.76. The number of pyridine rings is 1. The summed E-state index contributed by atoms with van der Waals surface area (Å²) in [6, 6.07) is 17.9. The molecule has 2 aromatic heterocycles. The van der Waals surface area contributed by atoms with E-state index in [2.05, 4.69) is 19.6 Å². The minimum atomic E-state index is -1.26. The van der Waals surface area contributed by atoms with E-state index < -0.39 is 13.7 Å². The largest absolute Gasteiger partial charge is 0.454 e. The summed E-state index contributed by atoms with van der Waals surface area (Å²) in [5.74, 6) is 1.79. The predicted molar refractivity (Wildman–Crippen MR) is 155 cm³/mol. The van der Waals surface area contributed by atoms with E-state index in [1.165, 1.54) is 0 Å². The molecule has 3 heterocycles. The van der Waals surface area contributed by atoms with Gasteiger partial charge in [0.2, 0.25) is 5.56 Å². The number of rotatable bonds is 9.